The van der Waals surface area contributed by atoms with Crippen molar-refractivity contribution in [3.63, 3.8) is 0 Å². The summed E-state index contributed by atoms with van der Waals surface area (Å²) in [6.07, 6.45) is -8.42. The van der Waals surface area contributed by atoms with Gasteiger partial charge in [0.2, 0.25) is 0 Å². The minimum absolute atomic E-state index is 0.0341. The topological polar surface area (TPSA) is 59.1 Å². The van der Waals surface area contributed by atoms with Gasteiger partial charge < -0.3 is 5.32 Å². The molecule has 0 aliphatic carbocycles. The number of amides is 1. The molecule has 0 aliphatic rings. The maximum Gasteiger partial charge on any atom is 0.418 e. The number of aromatic nitrogens is 1. The van der Waals surface area contributed by atoms with Gasteiger partial charge in [-0.15, -0.1) is 0 Å². The molecular formula is C28H18F6N2O2. The normalized spacial score (nSPS) is 12.6. The molecule has 4 aromatic rings. The molecule has 4 nitrogen and oxygen atoms in total. The molecule has 1 amide bonds. The Hall–Kier alpha value is -4.47. The van der Waals surface area contributed by atoms with Crippen LogP contribution >= 0.6 is 0 Å². The molecular weight excluding hydrogens is 510 g/mol. The van der Waals surface area contributed by atoms with E-state index in [4.69, 9.17) is 0 Å². The number of alkyl halides is 6. The molecule has 0 aliphatic heterocycles. The average molecular weight is 528 g/mol. The van der Waals surface area contributed by atoms with E-state index >= 15 is 0 Å². The smallest absolute Gasteiger partial charge is 0.340 e. The summed E-state index contributed by atoms with van der Waals surface area (Å²) in [5.74, 6) is -1.22. The third-order valence-corrected chi connectivity index (χ3v) is 5.69. The molecule has 0 saturated carbocycles. The number of pyridine rings is 1. The van der Waals surface area contributed by atoms with E-state index in [2.05, 4.69) is 10.3 Å². The molecule has 1 aromatic heterocycles. The Morgan fingerprint density at radius 3 is 1.95 bits per heavy atom. The van der Waals surface area contributed by atoms with Crippen LogP contribution in [-0.2, 0) is 12.4 Å². The van der Waals surface area contributed by atoms with E-state index in [1.165, 1.54) is 24.3 Å². The van der Waals surface area contributed by atoms with Gasteiger partial charge in [-0.1, -0.05) is 54.6 Å². The lowest BCUT2D eigenvalue weighted by molar-refractivity contribution is -0.139. The van der Waals surface area contributed by atoms with Crippen molar-refractivity contribution in [2.24, 2.45) is 0 Å². The van der Waals surface area contributed by atoms with Crippen molar-refractivity contribution in [3.8, 4) is 0 Å². The molecule has 10 heteroatoms. The van der Waals surface area contributed by atoms with E-state index in [1.807, 2.05) is 0 Å². The maximum atomic E-state index is 13.8. The third kappa shape index (κ3) is 5.91. The van der Waals surface area contributed by atoms with Gasteiger partial charge in [0.05, 0.1) is 22.9 Å². The molecule has 0 unspecified atom stereocenters. The number of rotatable bonds is 6. The molecule has 0 fully saturated rings. The van der Waals surface area contributed by atoms with Crippen LogP contribution in [0.2, 0.25) is 0 Å². The Morgan fingerprint density at radius 1 is 0.684 bits per heavy atom. The predicted octanol–water partition coefficient (Wildman–Crippen LogP) is 6.87. The quantitative estimate of drug-likeness (QED) is 0.220. The lowest BCUT2D eigenvalue weighted by Gasteiger charge is -2.23. The van der Waals surface area contributed by atoms with Crippen LogP contribution in [0.1, 0.15) is 54.7 Å². The van der Waals surface area contributed by atoms with Crippen LogP contribution in [0.3, 0.4) is 0 Å². The number of benzene rings is 3. The molecule has 4 rings (SSSR count). The number of ketones is 1. The summed E-state index contributed by atoms with van der Waals surface area (Å²) >= 11 is 0. The lowest BCUT2D eigenvalue weighted by Crippen LogP contribution is -2.32. The van der Waals surface area contributed by atoms with Crippen LogP contribution in [0.4, 0.5) is 26.3 Å². The van der Waals surface area contributed by atoms with E-state index in [9.17, 15) is 35.9 Å². The fraction of sp³-hybridized carbons (Fsp3) is 0.107. The first-order valence-corrected chi connectivity index (χ1v) is 11.1. The molecule has 0 saturated heterocycles. The summed E-state index contributed by atoms with van der Waals surface area (Å²) in [7, 11) is 0. The highest BCUT2D eigenvalue weighted by Crippen LogP contribution is 2.36. The van der Waals surface area contributed by atoms with Crippen molar-refractivity contribution >= 4 is 11.7 Å². The highest BCUT2D eigenvalue weighted by molar-refractivity contribution is 6.10. The van der Waals surface area contributed by atoms with E-state index in [-0.39, 0.29) is 22.5 Å². The number of carbonyl (C=O) groups excluding carboxylic acids is 2. The monoisotopic (exact) mass is 528 g/mol. The lowest BCUT2D eigenvalue weighted by atomic mass is 9.96. The van der Waals surface area contributed by atoms with E-state index in [0.29, 0.717) is 17.7 Å². The van der Waals surface area contributed by atoms with Gasteiger partial charge in [0, 0.05) is 22.9 Å². The van der Waals surface area contributed by atoms with Crippen LogP contribution < -0.4 is 5.32 Å². The molecule has 0 spiro atoms. The second-order valence-electron chi connectivity index (χ2n) is 8.24. The molecule has 38 heavy (non-hydrogen) atoms. The zero-order valence-corrected chi connectivity index (χ0v) is 19.3. The second kappa shape index (κ2) is 10.5. The predicted molar refractivity (Wildman–Crippen MR) is 126 cm³/mol. The summed E-state index contributed by atoms with van der Waals surface area (Å²) in [5, 5.41) is 2.45. The van der Waals surface area contributed by atoms with Crippen LogP contribution in [0, 0.1) is 0 Å². The molecule has 194 valence electrons. The van der Waals surface area contributed by atoms with Gasteiger partial charge in [0.15, 0.2) is 5.78 Å². The number of carbonyl (C=O) groups is 2. The van der Waals surface area contributed by atoms with Crippen LogP contribution in [-0.4, -0.2) is 16.7 Å². The van der Waals surface area contributed by atoms with Gasteiger partial charge in [0.1, 0.15) is 0 Å². The summed E-state index contributed by atoms with van der Waals surface area (Å²) < 4.78 is 80.5. The summed E-state index contributed by atoms with van der Waals surface area (Å²) in [6, 6.07) is 17.5. The summed E-state index contributed by atoms with van der Waals surface area (Å²) in [6.45, 7) is 0. The van der Waals surface area contributed by atoms with Crippen molar-refractivity contribution < 1.29 is 35.9 Å². The highest BCUT2D eigenvalue weighted by Gasteiger charge is 2.37. The first-order valence-electron chi connectivity index (χ1n) is 11.1. The Bertz CT molecular complexity index is 1450. The molecule has 1 atom stereocenters. The number of nitrogens with zero attached hydrogens (tertiary/aromatic N) is 1. The Balaban J connectivity index is 1.72. The standard InChI is InChI=1S/C28H18F6N2O2/c29-27(30,31)21-13-11-17(12-14-21)23(24-22(28(32,33)34)10-5-15-35-24)36-26(38)20-9-4-8-19(16-20)25(37)18-6-2-1-3-7-18/h1-16,23H,(H,36,38)/t23-/m0/s1. The SMILES string of the molecule is O=C(N[C@@H](c1ccc(C(F)(F)F)cc1)c1ncccc1C(F)(F)F)c1cccc(C(=O)c2ccccc2)c1. The summed E-state index contributed by atoms with van der Waals surface area (Å²) in [4.78, 5) is 29.8. The van der Waals surface area contributed by atoms with Crippen molar-refractivity contribution in [2.45, 2.75) is 18.4 Å². The van der Waals surface area contributed by atoms with Gasteiger partial charge >= 0.3 is 12.4 Å². The zero-order valence-electron chi connectivity index (χ0n) is 19.3. The summed E-state index contributed by atoms with van der Waals surface area (Å²) in [5.41, 5.74) is -2.29. The van der Waals surface area contributed by atoms with Crippen LogP contribution in [0.15, 0.2) is 97.2 Å². The molecule has 1 heterocycles. The first kappa shape index (κ1) is 26.6. The zero-order chi connectivity index (χ0) is 27.5. The number of hydrogen-bond acceptors (Lipinski definition) is 3. The number of nitrogens with one attached hydrogen (secondary N) is 1. The van der Waals surface area contributed by atoms with Crippen molar-refractivity contribution in [1.82, 2.24) is 10.3 Å². The van der Waals surface area contributed by atoms with Gasteiger partial charge in [-0.3, -0.25) is 14.6 Å². The molecule has 0 radical (unpaired) electrons. The Morgan fingerprint density at radius 2 is 1.32 bits per heavy atom. The first-order chi connectivity index (χ1) is 17.9. The number of hydrogen-bond donors (Lipinski definition) is 1. The van der Waals surface area contributed by atoms with Crippen molar-refractivity contribution in [3.05, 3.63) is 136 Å². The van der Waals surface area contributed by atoms with Gasteiger partial charge in [0.25, 0.3) is 5.91 Å². The van der Waals surface area contributed by atoms with Crippen LogP contribution in [0.5, 0.6) is 0 Å². The van der Waals surface area contributed by atoms with Gasteiger partial charge in [-0.05, 0) is 42.0 Å². The minimum Gasteiger partial charge on any atom is -0.340 e. The average Bonchev–Trinajstić information content (AvgIpc) is 2.91. The van der Waals surface area contributed by atoms with Gasteiger partial charge in [-0.25, -0.2) is 0 Å². The number of halogens is 6. The largest absolute Gasteiger partial charge is 0.418 e. The fourth-order valence-corrected chi connectivity index (χ4v) is 3.83. The van der Waals surface area contributed by atoms with Crippen molar-refractivity contribution in [2.75, 3.05) is 0 Å². The Labute approximate surface area is 213 Å². The minimum atomic E-state index is -4.85. The van der Waals surface area contributed by atoms with E-state index in [0.717, 1.165) is 30.5 Å². The molecule has 3 aromatic carbocycles. The maximum absolute atomic E-state index is 13.8. The van der Waals surface area contributed by atoms with Crippen molar-refractivity contribution in [1.29, 1.82) is 0 Å². The molecule has 1 N–H and O–H groups in total. The molecule has 0 bridgehead atoms. The third-order valence-electron chi connectivity index (χ3n) is 5.69. The highest BCUT2D eigenvalue weighted by atomic mass is 19.4. The second-order valence-corrected chi connectivity index (χ2v) is 8.24. The fourth-order valence-electron chi connectivity index (χ4n) is 3.83. The van der Waals surface area contributed by atoms with E-state index in [1.54, 1.807) is 30.3 Å². The van der Waals surface area contributed by atoms with E-state index < -0.39 is 41.1 Å². The Kier molecular flexibility index (Phi) is 7.34. The van der Waals surface area contributed by atoms with Crippen LogP contribution in [0.25, 0.3) is 0 Å². The van der Waals surface area contributed by atoms with Gasteiger partial charge in [-0.2, -0.15) is 26.3 Å².